The van der Waals surface area contributed by atoms with Gasteiger partial charge in [-0.2, -0.15) is 0 Å². The first kappa shape index (κ1) is 33.1. The van der Waals surface area contributed by atoms with E-state index in [9.17, 15) is 9.59 Å². The number of carbonyl (C=O) groups is 2. The fraction of sp³-hybridized carbons (Fsp3) is 0.421. The van der Waals surface area contributed by atoms with Crippen LogP contribution >= 0.6 is 0 Å². The third-order valence-corrected chi connectivity index (χ3v) is 8.58. The lowest BCUT2D eigenvalue weighted by molar-refractivity contribution is 0.0213. The Balaban J connectivity index is 1.13. The number of benzene rings is 2. The number of aromatic nitrogens is 4. The Morgan fingerprint density at radius 1 is 0.750 bits per heavy atom. The molecule has 0 saturated carbocycles. The Labute approximate surface area is 282 Å². The molecule has 6 rings (SSSR count). The van der Waals surface area contributed by atoms with Gasteiger partial charge >= 0.3 is 12.2 Å². The molecule has 2 aliphatic heterocycles. The number of nitrogens with one attached hydrogen (secondary N) is 2. The number of amides is 2. The average Bonchev–Trinajstić information content (AvgIpc) is 3.85. The van der Waals surface area contributed by atoms with E-state index < -0.39 is 11.2 Å². The summed E-state index contributed by atoms with van der Waals surface area (Å²) in [6, 6.07) is 16.3. The molecule has 0 unspecified atom stereocenters. The Kier molecular flexibility index (Phi) is 8.94. The van der Waals surface area contributed by atoms with E-state index in [1.54, 1.807) is 9.80 Å². The van der Waals surface area contributed by atoms with Gasteiger partial charge in [-0.25, -0.2) is 19.6 Å². The maximum atomic E-state index is 13.0. The summed E-state index contributed by atoms with van der Waals surface area (Å²) in [7, 11) is 0. The highest BCUT2D eigenvalue weighted by Crippen LogP contribution is 2.35. The van der Waals surface area contributed by atoms with E-state index in [2.05, 4.69) is 81.5 Å². The summed E-state index contributed by atoms with van der Waals surface area (Å²) in [6.07, 6.45) is 7.75. The van der Waals surface area contributed by atoms with Gasteiger partial charge in [0, 0.05) is 13.1 Å². The van der Waals surface area contributed by atoms with Crippen LogP contribution in [-0.2, 0) is 9.47 Å². The van der Waals surface area contributed by atoms with E-state index in [4.69, 9.17) is 9.47 Å². The normalized spacial score (nSPS) is 18.3. The number of hydrogen-bond acceptors (Lipinski definition) is 6. The third-order valence-electron chi connectivity index (χ3n) is 8.58. The van der Waals surface area contributed by atoms with Gasteiger partial charge in [0.2, 0.25) is 0 Å². The Hall–Kier alpha value is -4.86. The molecule has 2 aromatic carbocycles. The predicted molar refractivity (Wildman–Crippen MR) is 186 cm³/mol. The zero-order valence-electron chi connectivity index (χ0n) is 29.0. The highest BCUT2D eigenvalue weighted by Gasteiger charge is 2.36. The number of aromatic amines is 2. The summed E-state index contributed by atoms with van der Waals surface area (Å²) < 4.78 is 11.3. The fourth-order valence-electron chi connectivity index (χ4n) is 6.20. The maximum absolute atomic E-state index is 13.0. The van der Waals surface area contributed by atoms with Crippen LogP contribution < -0.4 is 0 Å². The second-order valence-electron chi connectivity index (χ2n) is 14.6. The van der Waals surface area contributed by atoms with Gasteiger partial charge < -0.3 is 19.4 Å². The molecule has 2 atom stereocenters. The number of hydrogen-bond donors (Lipinski definition) is 2. The number of likely N-dealkylation sites (tertiary alicyclic amines) is 1. The molecule has 0 aliphatic carbocycles. The number of ether oxygens (including phenoxy) is 2. The van der Waals surface area contributed by atoms with Crippen molar-refractivity contribution in [2.75, 3.05) is 13.1 Å². The van der Waals surface area contributed by atoms with Gasteiger partial charge in [0.1, 0.15) is 28.9 Å². The SMILES string of the molecule is CCC1=C[C@@H](c2ncc(-c3ccc(-c4ccc(-c5cnc([C@@H]6CCCN6C(=O)OC(C)(C)C)[nH]5)cc4)cc3)[nH]2)N(C(=O)OC(C)(C)C)C1. The molecule has 0 bridgehead atoms. The third kappa shape index (κ3) is 7.32. The molecule has 252 valence electrons. The van der Waals surface area contributed by atoms with Crippen LogP contribution in [0.4, 0.5) is 9.59 Å². The lowest BCUT2D eigenvalue weighted by Crippen LogP contribution is -2.37. The van der Waals surface area contributed by atoms with Gasteiger partial charge in [-0.05, 0) is 83.1 Å². The molecular formula is C38H46N6O4. The monoisotopic (exact) mass is 650 g/mol. The molecule has 10 nitrogen and oxygen atoms in total. The number of nitrogens with zero attached hydrogens (tertiary/aromatic N) is 4. The van der Waals surface area contributed by atoms with Crippen molar-refractivity contribution in [1.29, 1.82) is 0 Å². The molecule has 4 aromatic rings. The molecule has 2 N–H and O–H groups in total. The molecule has 2 aromatic heterocycles. The molecular weight excluding hydrogens is 604 g/mol. The van der Waals surface area contributed by atoms with Gasteiger partial charge in [-0.1, -0.05) is 67.1 Å². The van der Waals surface area contributed by atoms with Crippen LogP contribution in [0, 0.1) is 0 Å². The number of rotatable bonds is 6. The highest BCUT2D eigenvalue weighted by atomic mass is 16.6. The molecule has 2 amide bonds. The van der Waals surface area contributed by atoms with Crippen molar-refractivity contribution >= 4 is 12.2 Å². The van der Waals surface area contributed by atoms with Gasteiger partial charge in [-0.15, -0.1) is 0 Å². The Bertz CT molecular complexity index is 1790. The van der Waals surface area contributed by atoms with Crippen LogP contribution in [0.2, 0.25) is 0 Å². The molecule has 1 fully saturated rings. The van der Waals surface area contributed by atoms with E-state index in [0.29, 0.717) is 18.9 Å². The molecule has 1 saturated heterocycles. The van der Waals surface area contributed by atoms with Crippen LogP contribution in [0.25, 0.3) is 33.6 Å². The van der Waals surface area contributed by atoms with Crippen molar-refractivity contribution in [3.05, 3.63) is 84.2 Å². The van der Waals surface area contributed by atoms with E-state index in [1.807, 2.05) is 53.9 Å². The summed E-state index contributed by atoms with van der Waals surface area (Å²) in [5.74, 6) is 1.49. The quantitative estimate of drug-likeness (QED) is 0.202. The maximum Gasteiger partial charge on any atom is 0.411 e. The second-order valence-corrected chi connectivity index (χ2v) is 14.6. The zero-order chi connectivity index (χ0) is 34.2. The van der Waals surface area contributed by atoms with Crippen LogP contribution in [0.5, 0.6) is 0 Å². The minimum absolute atomic E-state index is 0.121. The predicted octanol–water partition coefficient (Wildman–Crippen LogP) is 8.83. The molecule has 10 heteroatoms. The van der Waals surface area contributed by atoms with Crippen molar-refractivity contribution in [3.63, 3.8) is 0 Å². The van der Waals surface area contributed by atoms with Gasteiger partial charge in [0.25, 0.3) is 0 Å². The van der Waals surface area contributed by atoms with Crippen LogP contribution in [-0.4, -0.2) is 66.2 Å². The largest absolute Gasteiger partial charge is 0.444 e. The topological polar surface area (TPSA) is 116 Å². The van der Waals surface area contributed by atoms with E-state index in [1.165, 1.54) is 5.57 Å². The average molecular weight is 651 g/mol. The van der Waals surface area contributed by atoms with E-state index in [-0.39, 0.29) is 24.3 Å². The molecule has 0 radical (unpaired) electrons. The Morgan fingerprint density at radius 2 is 1.23 bits per heavy atom. The van der Waals surface area contributed by atoms with E-state index >= 15 is 0 Å². The van der Waals surface area contributed by atoms with E-state index in [0.717, 1.165) is 58.7 Å². The molecule has 2 aliphatic rings. The van der Waals surface area contributed by atoms with Gasteiger partial charge in [0.05, 0.1) is 29.8 Å². The van der Waals surface area contributed by atoms with Gasteiger partial charge in [0.15, 0.2) is 0 Å². The minimum atomic E-state index is -0.572. The Morgan fingerprint density at radius 3 is 1.75 bits per heavy atom. The van der Waals surface area contributed by atoms with Crippen molar-refractivity contribution < 1.29 is 19.1 Å². The van der Waals surface area contributed by atoms with Crippen molar-refractivity contribution in [2.45, 2.75) is 91.0 Å². The standard InChI is InChI=1S/C38H46N6O4/c1-8-24-20-32(44(23-24)36(46)48-38(5,6)7)34-40-22-30(42-34)28-17-13-26(14-18-28)25-11-15-27(16-12-25)29-21-39-33(41-29)31-10-9-19-43(31)35(45)47-37(2,3)4/h11-18,20-22,31-32H,8-10,19,23H2,1-7H3,(H,39,41)(H,40,42)/t31-,32-/m0/s1. The highest BCUT2D eigenvalue weighted by molar-refractivity contribution is 5.73. The molecule has 48 heavy (non-hydrogen) atoms. The number of imidazole rings is 2. The van der Waals surface area contributed by atoms with Crippen LogP contribution in [0.3, 0.4) is 0 Å². The van der Waals surface area contributed by atoms with Crippen molar-refractivity contribution in [1.82, 2.24) is 29.7 Å². The minimum Gasteiger partial charge on any atom is -0.444 e. The first-order valence-corrected chi connectivity index (χ1v) is 16.8. The smallest absolute Gasteiger partial charge is 0.411 e. The van der Waals surface area contributed by atoms with Crippen LogP contribution in [0.1, 0.15) is 91.5 Å². The van der Waals surface area contributed by atoms with Gasteiger partial charge in [-0.3, -0.25) is 9.80 Å². The number of H-pyrrole nitrogens is 2. The van der Waals surface area contributed by atoms with Crippen LogP contribution in [0.15, 0.2) is 72.6 Å². The summed E-state index contributed by atoms with van der Waals surface area (Å²) in [5.41, 5.74) is 6.09. The summed E-state index contributed by atoms with van der Waals surface area (Å²) in [5, 5.41) is 0. The summed E-state index contributed by atoms with van der Waals surface area (Å²) in [6.45, 7) is 14.6. The van der Waals surface area contributed by atoms with Crippen molar-refractivity contribution in [2.24, 2.45) is 0 Å². The molecule has 4 heterocycles. The lowest BCUT2D eigenvalue weighted by atomic mass is 10.0. The molecule has 0 spiro atoms. The second kappa shape index (κ2) is 13.0. The fourth-order valence-corrected chi connectivity index (χ4v) is 6.20. The number of carbonyl (C=O) groups excluding carboxylic acids is 2. The zero-order valence-corrected chi connectivity index (χ0v) is 29.0. The summed E-state index contributed by atoms with van der Waals surface area (Å²) >= 11 is 0. The van der Waals surface area contributed by atoms with Crippen molar-refractivity contribution in [3.8, 4) is 33.6 Å². The first-order valence-electron chi connectivity index (χ1n) is 16.8. The summed E-state index contributed by atoms with van der Waals surface area (Å²) in [4.78, 5) is 45.5. The first-order chi connectivity index (χ1) is 22.8. The lowest BCUT2D eigenvalue weighted by Gasteiger charge is -2.28.